The van der Waals surface area contributed by atoms with Gasteiger partial charge < -0.3 is 10.2 Å². The Bertz CT molecular complexity index is 651. The van der Waals surface area contributed by atoms with Gasteiger partial charge in [-0.3, -0.25) is 9.69 Å². The molecule has 0 atom stereocenters. The summed E-state index contributed by atoms with van der Waals surface area (Å²) in [6, 6.07) is 8.61. The second kappa shape index (κ2) is 8.26. The third-order valence-electron chi connectivity index (χ3n) is 4.25. The van der Waals surface area contributed by atoms with E-state index in [-0.39, 0.29) is 5.91 Å². The van der Waals surface area contributed by atoms with E-state index in [1.165, 1.54) is 11.3 Å². The molecule has 0 saturated carbocycles. The lowest BCUT2D eigenvalue weighted by molar-refractivity contribution is -0.122. The lowest BCUT2D eigenvalue weighted by Crippen LogP contribution is -2.49. The maximum atomic E-state index is 12.1. The summed E-state index contributed by atoms with van der Waals surface area (Å²) < 4.78 is 0. The quantitative estimate of drug-likeness (QED) is 0.870. The molecule has 1 amide bonds. The van der Waals surface area contributed by atoms with Crippen molar-refractivity contribution in [2.75, 3.05) is 44.2 Å². The lowest BCUT2D eigenvalue weighted by atomic mass is 10.2. The van der Waals surface area contributed by atoms with E-state index >= 15 is 0 Å². The molecule has 5 nitrogen and oxygen atoms in total. The van der Waals surface area contributed by atoms with Gasteiger partial charge in [0.05, 0.1) is 11.6 Å². The number of hydrogen-bond donors (Lipinski definition) is 1. The molecule has 1 aromatic carbocycles. The molecule has 2 aromatic rings. The molecule has 0 spiro atoms. The average molecular weight is 344 g/mol. The molecule has 2 heterocycles. The number of carbonyl (C=O) groups is 1. The number of carbonyl (C=O) groups excluding carboxylic acids is 1. The molecule has 128 valence electrons. The van der Waals surface area contributed by atoms with Crippen LogP contribution in [-0.4, -0.2) is 55.1 Å². The number of aromatic nitrogens is 1. The van der Waals surface area contributed by atoms with E-state index in [1.54, 1.807) is 17.5 Å². The smallest absolute Gasteiger partial charge is 0.234 e. The van der Waals surface area contributed by atoms with Gasteiger partial charge in [-0.2, -0.15) is 0 Å². The first-order valence-electron chi connectivity index (χ1n) is 8.40. The Kier molecular flexibility index (Phi) is 5.82. The van der Waals surface area contributed by atoms with Crippen molar-refractivity contribution in [2.24, 2.45) is 0 Å². The number of benzene rings is 1. The van der Waals surface area contributed by atoms with Gasteiger partial charge in [0.2, 0.25) is 5.91 Å². The van der Waals surface area contributed by atoms with Crippen molar-refractivity contribution in [3.8, 4) is 0 Å². The average Bonchev–Trinajstić information content (AvgIpc) is 3.09. The van der Waals surface area contributed by atoms with Crippen molar-refractivity contribution in [1.82, 2.24) is 15.2 Å². The second-order valence-corrected chi connectivity index (χ2v) is 7.11. The molecule has 0 radical (unpaired) electrons. The van der Waals surface area contributed by atoms with Crippen LogP contribution in [0, 0.1) is 6.92 Å². The summed E-state index contributed by atoms with van der Waals surface area (Å²) in [5, 5.41) is 6.03. The minimum Gasteiger partial charge on any atom is -0.369 e. The van der Waals surface area contributed by atoms with E-state index in [0.29, 0.717) is 13.1 Å². The van der Waals surface area contributed by atoms with E-state index in [9.17, 15) is 4.79 Å². The number of rotatable bonds is 6. The minimum atomic E-state index is 0.107. The molecule has 24 heavy (non-hydrogen) atoms. The van der Waals surface area contributed by atoms with Crippen LogP contribution in [0.15, 0.2) is 35.8 Å². The zero-order chi connectivity index (χ0) is 16.8. The number of hydrogen-bond acceptors (Lipinski definition) is 5. The summed E-state index contributed by atoms with van der Waals surface area (Å²) in [6.45, 7) is 7.05. The van der Waals surface area contributed by atoms with Gasteiger partial charge in [-0.1, -0.05) is 12.1 Å². The molecule has 3 rings (SSSR count). The van der Waals surface area contributed by atoms with E-state index in [4.69, 9.17) is 0 Å². The van der Waals surface area contributed by atoms with Gasteiger partial charge in [0.15, 0.2) is 0 Å². The highest BCUT2D eigenvalue weighted by atomic mass is 32.1. The molecule has 1 aliphatic heterocycles. The van der Waals surface area contributed by atoms with Crippen LogP contribution in [0.3, 0.4) is 0 Å². The number of thiazole rings is 1. The summed E-state index contributed by atoms with van der Waals surface area (Å²) >= 11 is 1.63. The zero-order valence-electron chi connectivity index (χ0n) is 14.1. The summed E-state index contributed by atoms with van der Waals surface area (Å²) in [5.41, 5.74) is 2.57. The number of nitrogens with zero attached hydrogens (tertiary/aromatic N) is 3. The topological polar surface area (TPSA) is 48.5 Å². The van der Waals surface area contributed by atoms with Crippen LogP contribution in [-0.2, 0) is 11.2 Å². The molecule has 1 saturated heterocycles. The fourth-order valence-corrected chi connectivity index (χ4v) is 3.55. The Morgan fingerprint density at radius 1 is 1.29 bits per heavy atom. The highest BCUT2D eigenvalue weighted by Gasteiger charge is 2.19. The molecule has 6 heteroatoms. The van der Waals surface area contributed by atoms with Crippen molar-refractivity contribution in [3.63, 3.8) is 0 Å². The van der Waals surface area contributed by atoms with Gasteiger partial charge in [0, 0.05) is 56.4 Å². The first kappa shape index (κ1) is 16.9. The maximum Gasteiger partial charge on any atom is 0.234 e. The van der Waals surface area contributed by atoms with Crippen LogP contribution in [0.4, 0.5) is 5.69 Å². The monoisotopic (exact) mass is 344 g/mol. The number of aryl methyl sites for hydroxylation is 1. The molecular weight excluding hydrogens is 320 g/mol. The van der Waals surface area contributed by atoms with Crippen LogP contribution in [0.2, 0.25) is 0 Å². The second-order valence-electron chi connectivity index (χ2n) is 6.13. The first-order chi connectivity index (χ1) is 11.7. The maximum absolute atomic E-state index is 12.1. The van der Waals surface area contributed by atoms with Gasteiger partial charge in [0.1, 0.15) is 0 Å². The number of nitrogens with one attached hydrogen (secondary N) is 1. The van der Waals surface area contributed by atoms with Crippen LogP contribution < -0.4 is 10.2 Å². The summed E-state index contributed by atoms with van der Waals surface area (Å²) in [4.78, 5) is 20.9. The Labute approximate surface area is 147 Å². The van der Waals surface area contributed by atoms with Gasteiger partial charge in [-0.15, -0.1) is 11.3 Å². The summed E-state index contributed by atoms with van der Waals surface area (Å²) in [6.07, 6.45) is 2.61. The molecule has 0 unspecified atom stereocenters. The normalized spacial score (nSPS) is 15.5. The predicted octanol–water partition coefficient (Wildman–Crippen LogP) is 1.93. The summed E-state index contributed by atoms with van der Waals surface area (Å²) in [5.74, 6) is 0.107. The van der Waals surface area contributed by atoms with Crippen LogP contribution >= 0.6 is 11.3 Å². The fraction of sp³-hybridized carbons (Fsp3) is 0.444. The highest BCUT2D eigenvalue weighted by molar-refractivity contribution is 7.09. The Morgan fingerprint density at radius 2 is 2.12 bits per heavy atom. The van der Waals surface area contributed by atoms with E-state index in [0.717, 1.165) is 37.6 Å². The molecule has 0 aliphatic carbocycles. The Hall–Kier alpha value is -1.92. The van der Waals surface area contributed by atoms with Gasteiger partial charge in [-0.25, -0.2) is 4.98 Å². The number of piperazine rings is 1. The Balaban J connectivity index is 1.38. The number of anilines is 1. The summed E-state index contributed by atoms with van der Waals surface area (Å²) in [7, 11) is 0. The van der Waals surface area contributed by atoms with E-state index < -0.39 is 0 Å². The van der Waals surface area contributed by atoms with Crippen molar-refractivity contribution < 1.29 is 4.79 Å². The Morgan fingerprint density at radius 3 is 2.83 bits per heavy atom. The third-order valence-corrected chi connectivity index (χ3v) is 5.09. The SMILES string of the molecule is Cc1cccc(N2CCN(CC(=O)NCCc3nccs3)CC2)c1. The standard InChI is InChI=1S/C18H24N4OS/c1-15-3-2-4-16(13-15)22-10-8-21(9-11-22)14-17(23)19-6-5-18-20-7-12-24-18/h2-4,7,12-13H,5-6,8-11,14H2,1H3,(H,19,23). The van der Waals surface area contributed by atoms with E-state index in [2.05, 4.69) is 51.3 Å². The molecule has 1 aromatic heterocycles. The van der Waals surface area contributed by atoms with Crippen molar-refractivity contribution in [1.29, 1.82) is 0 Å². The molecule has 1 aliphatic rings. The predicted molar refractivity (Wildman–Crippen MR) is 98.7 cm³/mol. The third kappa shape index (κ3) is 4.79. The number of amides is 1. The van der Waals surface area contributed by atoms with Crippen LogP contribution in [0.25, 0.3) is 0 Å². The van der Waals surface area contributed by atoms with Crippen LogP contribution in [0.1, 0.15) is 10.6 Å². The molecule has 1 N–H and O–H groups in total. The largest absolute Gasteiger partial charge is 0.369 e. The molecule has 1 fully saturated rings. The van der Waals surface area contributed by atoms with Gasteiger partial charge in [-0.05, 0) is 24.6 Å². The highest BCUT2D eigenvalue weighted by Crippen LogP contribution is 2.17. The zero-order valence-corrected chi connectivity index (χ0v) is 14.9. The van der Waals surface area contributed by atoms with Gasteiger partial charge in [0.25, 0.3) is 0 Å². The van der Waals surface area contributed by atoms with Crippen molar-refractivity contribution in [2.45, 2.75) is 13.3 Å². The minimum absolute atomic E-state index is 0.107. The lowest BCUT2D eigenvalue weighted by Gasteiger charge is -2.35. The van der Waals surface area contributed by atoms with E-state index in [1.807, 2.05) is 5.38 Å². The molecule has 0 bridgehead atoms. The fourth-order valence-electron chi connectivity index (χ4n) is 2.93. The van der Waals surface area contributed by atoms with Crippen molar-refractivity contribution >= 4 is 22.9 Å². The van der Waals surface area contributed by atoms with Crippen LogP contribution in [0.5, 0.6) is 0 Å². The first-order valence-corrected chi connectivity index (χ1v) is 9.28. The van der Waals surface area contributed by atoms with Gasteiger partial charge >= 0.3 is 0 Å². The molecular formula is C18H24N4OS. The van der Waals surface area contributed by atoms with Crippen molar-refractivity contribution in [3.05, 3.63) is 46.4 Å².